The molecule has 0 aliphatic carbocycles. The largest absolute Gasteiger partial charge is 0.313 e. The quantitative estimate of drug-likeness (QED) is 0.825. The van der Waals surface area contributed by atoms with Crippen LogP contribution in [-0.4, -0.2) is 60.6 Å². The molecule has 2 bridgehead atoms. The first-order chi connectivity index (χ1) is 9.28. The van der Waals surface area contributed by atoms with Crippen molar-refractivity contribution in [1.82, 2.24) is 15.1 Å². The van der Waals surface area contributed by atoms with E-state index in [1.807, 2.05) is 0 Å². The predicted octanol–water partition coefficient (Wildman–Crippen LogP) is 2.08. The fourth-order valence-corrected chi connectivity index (χ4v) is 4.52. The predicted molar refractivity (Wildman–Crippen MR) is 80.5 cm³/mol. The van der Waals surface area contributed by atoms with Crippen molar-refractivity contribution in [1.29, 1.82) is 0 Å². The van der Waals surface area contributed by atoms with Gasteiger partial charge in [0.05, 0.1) is 0 Å². The fourth-order valence-electron chi connectivity index (χ4n) is 4.52. The Kier molecular flexibility index (Phi) is 4.45. The monoisotopic (exact) mass is 265 g/mol. The first kappa shape index (κ1) is 13.8. The van der Waals surface area contributed by atoms with E-state index in [0.29, 0.717) is 0 Å². The van der Waals surface area contributed by atoms with E-state index in [4.69, 9.17) is 0 Å². The zero-order valence-corrected chi connectivity index (χ0v) is 12.8. The Morgan fingerprint density at radius 2 is 1.79 bits per heavy atom. The number of piperidine rings is 2. The smallest absolute Gasteiger partial charge is 0.0192 e. The highest BCUT2D eigenvalue weighted by Crippen LogP contribution is 2.35. The summed E-state index contributed by atoms with van der Waals surface area (Å²) < 4.78 is 0. The summed E-state index contributed by atoms with van der Waals surface area (Å²) in [6.07, 6.45) is 9.78. The number of hydrogen-bond acceptors (Lipinski definition) is 3. The molecule has 3 heteroatoms. The minimum Gasteiger partial charge on any atom is -0.313 e. The van der Waals surface area contributed by atoms with Gasteiger partial charge in [0.15, 0.2) is 0 Å². The molecule has 3 fully saturated rings. The van der Waals surface area contributed by atoms with Crippen molar-refractivity contribution in [2.24, 2.45) is 0 Å². The summed E-state index contributed by atoms with van der Waals surface area (Å²) in [5.74, 6) is 0. The highest BCUT2D eigenvalue weighted by Gasteiger charge is 2.38. The van der Waals surface area contributed by atoms with Crippen LogP contribution in [0.1, 0.15) is 51.9 Å². The average molecular weight is 265 g/mol. The highest BCUT2D eigenvalue weighted by molar-refractivity contribution is 4.95. The second-order valence-electron chi connectivity index (χ2n) is 6.94. The molecule has 0 amide bonds. The maximum Gasteiger partial charge on any atom is 0.0192 e. The molecule has 0 spiro atoms. The maximum atomic E-state index is 3.71. The molecule has 3 unspecified atom stereocenters. The topological polar surface area (TPSA) is 18.5 Å². The zero-order chi connectivity index (χ0) is 13.2. The molecule has 3 saturated heterocycles. The van der Waals surface area contributed by atoms with E-state index < -0.39 is 0 Å². The summed E-state index contributed by atoms with van der Waals surface area (Å²) in [5.41, 5.74) is 0. The Balaban J connectivity index is 1.65. The van der Waals surface area contributed by atoms with Crippen LogP contribution in [-0.2, 0) is 0 Å². The molecule has 0 aromatic heterocycles. The lowest BCUT2D eigenvalue weighted by Crippen LogP contribution is -2.56. The van der Waals surface area contributed by atoms with Crippen molar-refractivity contribution in [3.63, 3.8) is 0 Å². The Morgan fingerprint density at radius 3 is 2.47 bits per heavy atom. The second-order valence-corrected chi connectivity index (χ2v) is 6.94. The molecule has 19 heavy (non-hydrogen) atoms. The first-order valence-corrected chi connectivity index (χ1v) is 8.47. The van der Waals surface area contributed by atoms with Crippen LogP contribution in [0.25, 0.3) is 0 Å². The standard InChI is InChI=1S/C16H31N3/c1-3-13-12-19(9-5-8-17-13)16-10-14-6-4-7-15(11-16)18(14)2/h13-17H,3-12H2,1-2H3. The van der Waals surface area contributed by atoms with Crippen LogP contribution in [0.2, 0.25) is 0 Å². The lowest BCUT2D eigenvalue weighted by molar-refractivity contribution is 0.00843. The van der Waals surface area contributed by atoms with Crippen LogP contribution in [0.5, 0.6) is 0 Å². The van der Waals surface area contributed by atoms with E-state index >= 15 is 0 Å². The Morgan fingerprint density at radius 1 is 1.05 bits per heavy atom. The van der Waals surface area contributed by atoms with Crippen molar-refractivity contribution in [3.05, 3.63) is 0 Å². The van der Waals surface area contributed by atoms with Crippen molar-refractivity contribution in [2.75, 3.05) is 26.7 Å². The van der Waals surface area contributed by atoms with Gasteiger partial charge < -0.3 is 10.2 Å². The minimum atomic E-state index is 0.724. The molecule has 3 aliphatic heterocycles. The lowest BCUT2D eigenvalue weighted by atomic mass is 9.81. The molecule has 0 aromatic rings. The maximum absolute atomic E-state index is 3.71. The number of fused-ring (bicyclic) bond motifs is 2. The second kappa shape index (κ2) is 6.11. The summed E-state index contributed by atoms with van der Waals surface area (Å²) in [6, 6.07) is 3.32. The van der Waals surface area contributed by atoms with E-state index in [0.717, 1.165) is 24.2 Å². The van der Waals surface area contributed by atoms with Crippen molar-refractivity contribution < 1.29 is 0 Å². The third-order valence-electron chi connectivity index (χ3n) is 5.83. The Bertz CT molecular complexity index is 280. The lowest BCUT2D eigenvalue weighted by Gasteiger charge is -2.50. The molecule has 0 saturated carbocycles. The van der Waals surface area contributed by atoms with E-state index in [9.17, 15) is 0 Å². The molecular formula is C16H31N3. The third kappa shape index (κ3) is 2.98. The third-order valence-corrected chi connectivity index (χ3v) is 5.83. The fraction of sp³-hybridized carbons (Fsp3) is 1.00. The van der Waals surface area contributed by atoms with E-state index in [2.05, 4.69) is 29.1 Å². The summed E-state index contributed by atoms with van der Waals surface area (Å²) in [7, 11) is 2.36. The molecule has 0 radical (unpaired) electrons. The number of rotatable bonds is 2. The van der Waals surface area contributed by atoms with Crippen LogP contribution in [0.15, 0.2) is 0 Å². The molecule has 3 atom stereocenters. The number of nitrogens with one attached hydrogen (secondary N) is 1. The number of nitrogens with zero attached hydrogens (tertiary/aromatic N) is 2. The van der Waals surface area contributed by atoms with Crippen molar-refractivity contribution >= 4 is 0 Å². The van der Waals surface area contributed by atoms with E-state index in [1.54, 1.807) is 0 Å². The van der Waals surface area contributed by atoms with Gasteiger partial charge in [-0.3, -0.25) is 4.90 Å². The Labute approximate surface area is 118 Å². The SMILES string of the molecule is CCC1CN(C2CC3CCCC(C2)N3C)CCCN1. The molecule has 3 heterocycles. The highest BCUT2D eigenvalue weighted by atomic mass is 15.2. The number of hydrogen-bond donors (Lipinski definition) is 1. The normalized spacial score (nSPS) is 42.0. The zero-order valence-electron chi connectivity index (χ0n) is 12.8. The van der Waals surface area contributed by atoms with Crippen LogP contribution >= 0.6 is 0 Å². The molecule has 3 aliphatic rings. The van der Waals surface area contributed by atoms with E-state index in [1.165, 1.54) is 64.6 Å². The van der Waals surface area contributed by atoms with Gasteiger partial charge in [-0.25, -0.2) is 0 Å². The van der Waals surface area contributed by atoms with Crippen LogP contribution in [0.3, 0.4) is 0 Å². The summed E-state index contributed by atoms with van der Waals surface area (Å²) in [5, 5.41) is 3.71. The molecule has 1 N–H and O–H groups in total. The van der Waals surface area contributed by atoms with Gasteiger partial charge in [-0.15, -0.1) is 0 Å². The van der Waals surface area contributed by atoms with Crippen LogP contribution in [0, 0.1) is 0 Å². The average Bonchev–Trinajstić information content (AvgIpc) is 2.63. The minimum absolute atomic E-state index is 0.724. The molecular weight excluding hydrogens is 234 g/mol. The van der Waals surface area contributed by atoms with Gasteiger partial charge in [-0.1, -0.05) is 13.3 Å². The Hall–Kier alpha value is -0.120. The van der Waals surface area contributed by atoms with Gasteiger partial charge in [-0.2, -0.15) is 0 Å². The molecule has 3 nitrogen and oxygen atoms in total. The molecule has 110 valence electrons. The molecule has 3 rings (SSSR count). The van der Waals surface area contributed by atoms with Crippen molar-refractivity contribution in [2.45, 2.75) is 76.0 Å². The van der Waals surface area contributed by atoms with Gasteiger partial charge >= 0.3 is 0 Å². The van der Waals surface area contributed by atoms with Gasteiger partial charge in [-0.05, 0) is 58.7 Å². The van der Waals surface area contributed by atoms with Crippen LogP contribution in [0.4, 0.5) is 0 Å². The van der Waals surface area contributed by atoms with Gasteiger partial charge in [0.25, 0.3) is 0 Å². The molecule has 0 aromatic carbocycles. The summed E-state index contributed by atoms with van der Waals surface area (Å²) in [6.45, 7) is 6.14. The van der Waals surface area contributed by atoms with Gasteiger partial charge in [0.2, 0.25) is 0 Å². The summed E-state index contributed by atoms with van der Waals surface area (Å²) >= 11 is 0. The van der Waals surface area contributed by atoms with Gasteiger partial charge in [0.1, 0.15) is 0 Å². The van der Waals surface area contributed by atoms with Gasteiger partial charge in [0, 0.05) is 30.7 Å². The first-order valence-electron chi connectivity index (χ1n) is 8.47. The van der Waals surface area contributed by atoms with E-state index in [-0.39, 0.29) is 0 Å². The van der Waals surface area contributed by atoms with Crippen molar-refractivity contribution in [3.8, 4) is 0 Å². The van der Waals surface area contributed by atoms with Crippen LogP contribution < -0.4 is 5.32 Å². The summed E-state index contributed by atoms with van der Waals surface area (Å²) in [4.78, 5) is 5.51.